The number of carbonyl (C=O) groups is 1. The maximum atomic E-state index is 12.4. The molecule has 0 radical (unpaired) electrons. The molecule has 3 heterocycles. The minimum atomic E-state index is -0.408. The highest BCUT2D eigenvalue weighted by Crippen LogP contribution is 2.49. The van der Waals surface area contributed by atoms with E-state index in [1.165, 1.54) is 6.42 Å². The van der Waals surface area contributed by atoms with Crippen molar-refractivity contribution in [1.82, 2.24) is 10.2 Å². The molecule has 1 aromatic carbocycles. The van der Waals surface area contributed by atoms with Gasteiger partial charge in [0.05, 0.1) is 35.6 Å². The zero-order valence-electron chi connectivity index (χ0n) is 16.4. The molecule has 29 heavy (non-hydrogen) atoms. The fourth-order valence-electron chi connectivity index (χ4n) is 4.80. The molecule has 7 heteroatoms. The molecule has 0 saturated heterocycles. The number of nitrogens with zero attached hydrogens (tertiary/aromatic N) is 1. The second-order valence-electron chi connectivity index (χ2n) is 8.21. The quantitative estimate of drug-likeness (QED) is 0.583. The van der Waals surface area contributed by atoms with Gasteiger partial charge in [0.1, 0.15) is 17.1 Å². The van der Waals surface area contributed by atoms with Crippen molar-refractivity contribution in [2.24, 2.45) is 0 Å². The maximum absolute atomic E-state index is 12.4. The van der Waals surface area contributed by atoms with Gasteiger partial charge in [0.15, 0.2) is 0 Å². The number of urea groups is 1. The molecule has 2 N–H and O–H groups in total. The Labute approximate surface area is 174 Å². The van der Waals surface area contributed by atoms with Crippen LogP contribution < -0.4 is 10.6 Å². The zero-order chi connectivity index (χ0) is 20.0. The molecule has 2 aromatic heterocycles. The van der Waals surface area contributed by atoms with E-state index >= 15 is 0 Å². The van der Waals surface area contributed by atoms with E-state index in [1.807, 2.05) is 31.3 Å². The van der Waals surface area contributed by atoms with Crippen LogP contribution in [0, 0.1) is 0 Å². The lowest BCUT2D eigenvalue weighted by Crippen LogP contribution is -2.52. The Bertz CT molecular complexity index is 1050. The van der Waals surface area contributed by atoms with Crippen LogP contribution in [0.2, 0.25) is 5.02 Å². The van der Waals surface area contributed by atoms with Gasteiger partial charge in [0.2, 0.25) is 0 Å². The van der Waals surface area contributed by atoms with Crippen molar-refractivity contribution in [2.45, 2.75) is 50.7 Å². The van der Waals surface area contributed by atoms with E-state index in [0.717, 1.165) is 53.7 Å². The molecular formula is C22H24ClN3O3. The number of halogens is 1. The second kappa shape index (κ2) is 7.11. The number of hydrogen-bond acceptors (Lipinski definition) is 4. The van der Waals surface area contributed by atoms with E-state index in [2.05, 4.69) is 15.5 Å². The third-order valence-corrected chi connectivity index (χ3v) is 6.32. The van der Waals surface area contributed by atoms with E-state index in [1.54, 1.807) is 6.26 Å². The van der Waals surface area contributed by atoms with Crippen LogP contribution in [0.1, 0.15) is 49.2 Å². The molecule has 6 nitrogen and oxygen atoms in total. The Hall–Kier alpha value is -2.44. The number of nitrogens with one attached hydrogen (secondary N) is 2. The molecule has 1 spiro atoms. The van der Waals surface area contributed by atoms with Crippen LogP contribution in [0.5, 0.6) is 0 Å². The average Bonchev–Trinajstić information content (AvgIpc) is 3.31. The van der Waals surface area contributed by atoms with Crippen LogP contribution in [0.3, 0.4) is 0 Å². The Balaban J connectivity index is 1.54. The van der Waals surface area contributed by atoms with Crippen LogP contribution in [0.4, 0.5) is 10.5 Å². The number of furan rings is 2. The first-order chi connectivity index (χ1) is 14.0. The number of hydrogen-bond donors (Lipinski definition) is 2. The van der Waals surface area contributed by atoms with Gasteiger partial charge >= 0.3 is 6.03 Å². The minimum Gasteiger partial charge on any atom is -0.468 e. The first kappa shape index (κ1) is 18.6. The summed E-state index contributed by atoms with van der Waals surface area (Å²) in [5, 5.41) is 7.63. The molecule has 3 aromatic rings. The predicted octanol–water partition coefficient (Wildman–Crippen LogP) is 5.61. The second-order valence-corrected chi connectivity index (χ2v) is 8.62. The Kier molecular flexibility index (Phi) is 4.56. The van der Waals surface area contributed by atoms with Gasteiger partial charge in [-0.15, -0.1) is 0 Å². The highest BCUT2D eigenvalue weighted by atomic mass is 35.5. The third kappa shape index (κ3) is 3.30. The summed E-state index contributed by atoms with van der Waals surface area (Å²) in [5.41, 5.74) is 2.10. The first-order valence-corrected chi connectivity index (χ1v) is 10.5. The molecule has 0 bridgehead atoms. The van der Waals surface area contributed by atoms with Crippen LogP contribution in [0.15, 0.2) is 39.4 Å². The SMILES string of the molecule is CN(Cc1ccco1)Cc1cc2cc(Cl)c3c(c2o1)C1(CCCCC1)NC(=O)N3. The standard InChI is InChI=1S/C22H24ClN3O3/c1-26(12-15-6-5-9-28-15)13-16-10-14-11-17(23)19-18(20(14)29-16)22(25-21(27)24-19)7-3-2-4-8-22/h5-6,9-11H,2-4,7-8,12-13H2,1H3,(H2,24,25,27). The Morgan fingerprint density at radius 2 is 1.97 bits per heavy atom. The summed E-state index contributed by atoms with van der Waals surface area (Å²) in [6.45, 7) is 1.35. The van der Waals surface area contributed by atoms with Crippen molar-refractivity contribution in [2.75, 3.05) is 12.4 Å². The smallest absolute Gasteiger partial charge is 0.319 e. The molecule has 1 aliphatic heterocycles. The molecular weight excluding hydrogens is 390 g/mol. The number of fused-ring (bicyclic) bond motifs is 4. The van der Waals surface area contributed by atoms with Crippen molar-refractivity contribution in [3.8, 4) is 0 Å². The van der Waals surface area contributed by atoms with E-state index in [9.17, 15) is 4.79 Å². The van der Waals surface area contributed by atoms with Gasteiger partial charge in [0, 0.05) is 10.9 Å². The summed E-state index contributed by atoms with van der Waals surface area (Å²) in [7, 11) is 2.03. The molecule has 1 aliphatic carbocycles. The van der Waals surface area contributed by atoms with Gasteiger partial charge in [-0.05, 0) is 44.2 Å². The van der Waals surface area contributed by atoms with Crippen molar-refractivity contribution in [1.29, 1.82) is 0 Å². The molecule has 0 unspecified atom stereocenters. The van der Waals surface area contributed by atoms with Gasteiger partial charge in [-0.1, -0.05) is 30.9 Å². The zero-order valence-corrected chi connectivity index (χ0v) is 17.1. The molecule has 2 amide bonds. The van der Waals surface area contributed by atoms with Gasteiger partial charge in [-0.3, -0.25) is 4.90 Å². The summed E-state index contributed by atoms with van der Waals surface area (Å²) >= 11 is 6.59. The minimum absolute atomic E-state index is 0.189. The number of anilines is 1. The van der Waals surface area contributed by atoms with E-state index < -0.39 is 5.54 Å². The molecule has 5 rings (SSSR count). The largest absolute Gasteiger partial charge is 0.468 e. The van der Waals surface area contributed by atoms with E-state index in [-0.39, 0.29) is 6.03 Å². The average molecular weight is 414 g/mol. The van der Waals surface area contributed by atoms with Crippen LogP contribution in [-0.2, 0) is 18.6 Å². The van der Waals surface area contributed by atoms with Crippen molar-refractivity contribution in [3.05, 3.63) is 52.6 Å². The highest BCUT2D eigenvalue weighted by molar-refractivity contribution is 6.35. The van der Waals surface area contributed by atoms with Crippen LogP contribution in [-0.4, -0.2) is 18.0 Å². The van der Waals surface area contributed by atoms with Crippen LogP contribution in [0.25, 0.3) is 11.0 Å². The summed E-state index contributed by atoms with van der Waals surface area (Å²) in [4.78, 5) is 14.5. The maximum Gasteiger partial charge on any atom is 0.319 e. The molecule has 0 atom stereocenters. The number of amides is 2. The van der Waals surface area contributed by atoms with Crippen molar-refractivity contribution >= 4 is 34.3 Å². The van der Waals surface area contributed by atoms with Crippen molar-refractivity contribution in [3.63, 3.8) is 0 Å². The van der Waals surface area contributed by atoms with Crippen molar-refractivity contribution < 1.29 is 13.6 Å². The molecule has 1 fully saturated rings. The predicted molar refractivity (Wildman–Crippen MR) is 112 cm³/mol. The lowest BCUT2D eigenvalue weighted by Gasteiger charge is -2.42. The monoisotopic (exact) mass is 413 g/mol. The number of carbonyl (C=O) groups excluding carboxylic acids is 1. The Morgan fingerprint density at radius 3 is 2.72 bits per heavy atom. The lowest BCUT2D eigenvalue weighted by atomic mass is 9.74. The van der Waals surface area contributed by atoms with E-state index in [4.69, 9.17) is 20.4 Å². The number of rotatable bonds is 4. The molecule has 152 valence electrons. The molecule has 2 aliphatic rings. The van der Waals surface area contributed by atoms with Gasteiger partial charge in [-0.25, -0.2) is 4.79 Å². The summed E-state index contributed by atoms with van der Waals surface area (Å²) in [6, 6.07) is 7.60. The van der Waals surface area contributed by atoms with Crippen LogP contribution >= 0.6 is 11.6 Å². The fourth-order valence-corrected chi connectivity index (χ4v) is 5.06. The Morgan fingerprint density at radius 1 is 1.17 bits per heavy atom. The number of benzene rings is 1. The first-order valence-electron chi connectivity index (χ1n) is 10.1. The highest BCUT2D eigenvalue weighted by Gasteiger charge is 2.43. The summed E-state index contributed by atoms with van der Waals surface area (Å²) < 4.78 is 11.8. The lowest BCUT2D eigenvalue weighted by molar-refractivity contribution is 0.208. The summed E-state index contributed by atoms with van der Waals surface area (Å²) in [5.74, 6) is 1.78. The topological polar surface area (TPSA) is 70.7 Å². The fraction of sp³-hybridized carbons (Fsp3) is 0.409. The summed E-state index contributed by atoms with van der Waals surface area (Å²) in [6.07, 6.45) is 6.82. The van der Waals surface area contributed by atoms with Gasteiger partial charge in [0.25, 0.3) is 0 Å². The van der Waals surface area contributed by atoms with E-state index in [0.29, 0.717) is 23.8 Å². The van der Waals surface area contributed by atoms with Gasteiger partial charge < -0.3 is 19.5 Å². The normalized spacial score (nSPS) is 18.1. The third-order valence-electron chi connectivity index (χ3n) is 6.02. The molecule has 1 saturated carbocycles. The van der Waals surface area contributed by atoms with Gasteiger partial charge in [-0.2, -0.15) is 0 Å².